The number of rotatable bonds is 4. The van der Waals surface area contributed by atoms with Gasteiger partial charge in [0, 0.05) is 29.4 Å². The van der Waals surface area contributed by atoms with Gasteiger partial charge in [0.25, 0.3) is 11.8 Å². The third kappa shape index (κ3) is 4.08. The fourth-order valence-corrected chi connectivity index (χ4v) is 3.38. The average molecular weight is 336 g/mol. The molecule has 0 bridgehead atoms. The highest BCUT2D eigenvalue weighted by Gasteiger charge is 2.26. The van der Waals surface area contributed by atoms with E-state index in [9.17, 15) is 9.59 Å². The second-order valence-corrected chi connectivity index (χ2v) is 6.46. The molecule has 1 N–H and O–H groups in total. The van der Waals surface area contributed by atoms with Crippen LogP contribution in [0.3, 0.4) is 0 Å². The standard InChI is InChI=1S/C21H24N2O2/c1-2-19-13-6-7-14-23(19)21(25)17-11-8-12-18(15-17)22-20(24)16-9-4-3-5-10-16/h3-5,8-12,15,19H,2,6-7,13-14H2,1H3,(H,22,24). The molecular formula is C21H24N2O2. The van der Waals surface area contributed by atoms with E-state index in [1.165, 1.54) is 6.42 Å². The molecule has 4 heteroatoms. The number of hydrogen-bond donors (Lipinski definition) is 1. The summed E-state index contributed by atoms with van der Waals surface area (Å²) in [6.07, 6.45) is 4.31. The Morgan fingerprint density at radius 1 is 1.04 bits per heavy atom. The first kappa shape index (κ1) is 17.2. The van der Waals surface area contributed by atoms with E-state index in [-0.39, 0.29) is 11.8 Å². The number of likely N-dealkylation sites (tertiary alicyclic amines) is 1. The second-order valence-electron chi connectivity index (χ2n) is 6.46. The molecule has 0 saturated carbocycles. The first-order valence-corrected chi connectivity index (χ1v) is 8.96. The quantitative estimate of drug-likeness (QED) is 0.903. The Morgan fingerprint density at radius 2 is 1.80 bits per heavy atom. The van der Waals surface area contributed by atoms with E-state index in [0.717, 1.165) is 25.8 Å². The summed E-state index contributed by atoms with van der Waals surface area (Å²) in [6, 6.07) is 16.6. The molecule has 2 amide bonds. The summed E-state index contributed by atoms with van der Waals surface area (Å²) in [5.74, 6) is -0.114. The SMILES string of the molecule is CCC1CCCCN1C(=O)c1cccc(NC(=O)c2ccccc2)c1. The van der Waals surface area contributed by atoms with Gasteiger partial charge in [-0.05, 0) is 56.0 Å². The Hall–Kier alpha value is -2.62. The van der Waals surface area contributed by atoms with Crippen LogP contribution in [0.5, 0.6) is 0 Å². The molecule has 0 aromatic heterocycles. The van der Waals surface area contributed by atoms with Gasteiger partial charge >= 0.3 is 0 Å². The summed E-state index contributed by atoms with van der Waals surface area (Å²) in [5.41, 5.74) is 1.87. The third-order valence-corrected chi connectivity index (χ3v) is 4.76. The zero-order valence-electron chi connectivity index (χ0n) is 14.6. The normalized spacial score (nSPS) is 17.2. The smallest absolute Gasteiger partial charge is 0.255 e. The van der Waals surface area contributed by atoms with Crippen molar-refractivity contribution >= 4 is 17.5 Å². The molecule has 0 radical (unpaired) electrons. The minimum Gasteiger partial charge on any atom is -0.336 e. The molecule has 1 saturated heterocycles. The van der Waals surface area contributed by atoms with Crippen LogP contribution < -0.4 is 5.32 Å². The molecule has 1 unspecified atom stereocenters. The molecule has 1 fully saturated rings. The van der Waals surface area contributed by atoms with Gasteiger partial charge in [0.15, 0.2) is 0 Å². The predicted molar refractivity (Wildman–Crippen MR) is 99.8 cm³/mol. The first-order valence-electron chi connectivity index (χ1n) is 8.96. The van der Waals surface area contributed by atoms with E-state index in [0.29, 0.717) is 22.9 Å². The van der Waals surface area contributed by atoms with Crippen LogP contribution in [-0.4, -0.2) is 29.3 Å². The number of anilines is 1. The minimum absolute atomic E-state index is 0.0577. The van der Waals surface area contributed by atoms with Crippen molar-refractivity contribution in [3.8, 4) is 0 Å². The molecule has 3 rings (SSSR count). The molecule has 1 aliphatic heterocycles. The fourth-order valence-electron chi connectivity index (χ4n) is 3.38. The Kier molecular flexibility index (Phi) is 5.49. The lowest BCUT2D eigenvalue weighted by atomic mass is 9.99. The molecule has 2 aromatic rings. The van der Waals surface area contributed by atoms with Gasteiger partial charge in [-0.25, -0.2) is 0 Å². The zero-order chi connectivity index (χ0) is 17.6. The number of benzene rings is 2. The Balaban J connectivity index is 1.75. The van der Waals surface area contributed by atoms with Crippen LogP contribution in [0.1, 0.15) is 53.3 Å². The maximum atomic E-state index is 12.9. The van der Waals surface area contributed by atoms with Crippen LogP contribution >= 0.6 is 0 Å². The molecule has 1 heterocycles. The summed E-state index contributed by atoms with van der Waals surface area (Å²) in [6.45, 7) is 2.95. The van der Waals surface area contributed by atoms with Crippen LogP contribution in [0, 0.1) is 0 Å². The lowest BCUT2D eigenvalue weighted by molar-refractivity contribution is 0.0608. The lowest BCUT2D eigenvalue weighted by Gasteiger charge is -2.35. The van der Waals surface area contributed by atoms with Crippen molar-refractivity contribution in [3.63, 3.8) is 0 Å². The Bertz CT molecular complexity index is 743. The number of hydrogen-bond acceptors (Lipinski definition) is 2. The lowest BCUT2D eigenvalue weighted by Crippen LogP contribution is -2.43. The van der Waals surface area contributed by atoms with Crippen molar-refractivity contribution in [1.29, 1.82) is 0 Å². The molecule has 0 spiro atoms. The van der Waals surface area contributed by atoms with Crippen LogP contribution in [-0.2, 0) is 0 Å². The molecule has 1 atom stereocenters. The third-order valence-electron chi connectivity index (χ3n) is 4.76. The topological polar surface area (TPSA) is 49.4 Å². The highest BCUT2D eigenvalue weighted by atomic mass is 16.2. The predicted octanol–water partition coefficient (Wildman–Crippen LogP) is 4.34. The van der Waals surface area contributed by atoms with Gasteiger partial charge in [-0.2, -0.15) is 0 Å². The minimum atomic E-state index is -0.172. The summed E-state index contributed by atoms with van der Waals surface area (Å²) >= 11 is 0. The zero-order valence-corrected chi connectivity index (χ0v) is 14.6. The van der Waals surface area contributed by atoms with Crippen LogP contribution in [0.2, 0.25) is 0 Å². The van der Waals surface area contributed by atoms with Crippen LogP contribution in [0.4, 0.5) is 5.69 Å². The van der Waals surface area contributed by atoms with E-state index in [1.54, 1.807) is 18.2 Å². The molecule has 2 aromatic carbocycles. The molecule has 0 aliphatic carbocycles. The van der Waals surface area contributed by atoms with Crippen molar-refractivity contribution in [3.05, 3.63) is 65.7 Å². The summed E-state index contributed by atoms with van der Waals surface area (Å²) in [7, 11) is 0. The van der Waals surface area contributed by atoms with Crippen molar-refractivity contribution in [2.45, 2.75) is 38.6 Å². The largest absolute Gasteiger partial charge is 0.336 e. The maximum absolute atomic E-state index is 12.9. The van der Waals surface area contributed by atoms with Crippen LogP contribution in [0.15, 0.2) is 54.6 Å². The molecule has 1 aliphatic rings. The number of carbonyl (C=O) groups excluding carboxylic acids is 2. The van der Waals surface area contributed by atoms with E-state index >= 15 is 0 Å². The molecule has 4 nitrogen and oxygen atoms in total. The van der Waals surface area contributed by atoms with Gasteiger partial charge < -0.3 is 10.2 Å². The van der Waals surface area contributed by atoms with Crippen molar-refractivity contribution in [1.82, 2.24) is 4.90 Å². The number of piperidine rings is 1. The number of nitrogens with one attached hydrogen (secondary N) is 1. The van der Waals surface area contributed by atoms with Crippen molar-refractivity contribution < 1.29 is 9.59 Å². The van der Waals surface area contributed by atoms with E-state index < -0.39 is 0 Å². The molecule has 25 heavy (non-hydrogen) atoms. The van der Waals surface area contributed by atoms with Gasteiger partial charge in [-0.15, -0.1) is 0 Å². The van der Waals surface area contributed by atoms with Gasteiger partial charge in [0.05, 0.1) is 0 Å². The Morgan fingerprint density at radius 3 is 2.56 bits per heavy atom. The monoisotopic (exact) mass is 336 g/mol. The Labute approximate surface area is 148 Å². The fraction of sp³-hybridized carbons (Fsp3) is 0.333. The van der Waals surface area contributed by atoms with E-state index in [4.69, 9.17) is 0 Å². The van der Waals surface area contributed by atoms with Crippen molar-refractivity contribution in [2.75, 3.05) is 11.9 Å². The van der Waals surface area contributed by atoms with Gasteiger partial charge in [-0.1, -0.05) is 31.2 Å². The highest BCUT2D eigenvalue weighted by Crippen LogP contribution is 2.23. The first-order chi connectivity index (χ1) is 12.2. The summed E-state index contributed by atoms with van der Waals surface area (Å²) in [5, 5.41) is 2.87. The van der Waals surface area contributed by atoms with Gasteiger partial charge in [0.2, 0.25) is 0 Å². The highest BCUT2D eigenvalue weighted by molar-refractivity contribution is 6.05. The van der Waals surface area contributed by atoms with Gasteiger partial charge in [-0.3, -0.25) is 9.59 Å². The average Bonchev–Trinajstić information content (AvgIpc) is 2.68. The van der Waals surface area contributed by atoms with E-state index in [2.05, 4.69) is 12.2 Å². The summed E-state index contributed by atoms with van der Waals surface area (Å²) in [4.78, 5) is 27.2. The molecule has 130 valence electrons. The van der Waals surface area contributed by atoms with Crippen LogP contribution in [0.25, 0.3) is 0 Å². The number of carbonyl (C=O) groups is 2. The maximum Gasteiger partial charge on any atom is 0.255 e. The van der Waals surface area contributed by atoms with Gasteiger partial charge in [0.1, 0.15) is 0 Å². The van der Waals surface area contributed by atoms with E-state index in [1.807, 2.05) is 41.3 Å². The molecular weight excluding hydrogens is 312 g/mol. The number of nitrogens with zero attached hydrogens (tertiary/aromatic N) is 1. The summed E-state index contributed by atoms with van der Waals surface area (Å²) < 4.78 is 0. The number of amides is 2. The van der Waals surface area contributed by atoms with Crippen molar-refractivity contribution in [2.24, 2.45) is 0 Å². The second kappa shape index (κ2) is 7.97.